The SMILES string of the molecule is CCc1ccccc1NC(=O)NCCN(C)C. The molecule has 4 nitrogen and oxygen atoms in total. The Morgan fingerprint density at radius 2 is 2.00 bits per heavy atom. The summed E-state index contributed by atoms with van der Waals surface area (Å²) < 4.78 is 0. The highest BCUT2D eigenvalue weighted by Crippen LogP contribution is 2.14. The van der Waals surface area contributed by atoms with Crippen LogP contribution in [0.4, 0.5) is 10.5 Å². The topological polar surface area (TPSA) is 44.4 Å². The number of hydrogen-bond donors (Lipinski definition) is 2. The van der Waals surface area contributed by atoms with Gasteiger partial charge in [-0.2, -0.15) is 0 Å². The van der Waals surface area contributed by atoms with Gasteiger partial charge in [-0.25, -0.2) is 4.79 Å². The number of anilines is 1. The molecule has 1 aromatic carbocycles. The number of carbonyl (C=O) groups excluding carboxylic acids is 1. The summed E-state index contributed by atoms with van der Waals surface area (Å²) in [5.74, 6) is 0. The highest BCUT2D eigenvalue weighted by atomic mass is 16.2. The van der Waals surface area contributed by atoms with Crippen molar-refractivity contribution in [3.8, 4) is 0 Å². The summed E-state index contributed by atoms with van der Waals surface area (Å²) in [6.45, 7) is 3.56. The van der Waals surface area contributed by atoms with Crippen molar-refractivity contribution in [3.05, 3.63) is 29.8 Å². The van der Waals surface area contributed by atoms with E-state index < -0.39 is 0 Å². The number of urea groups is 1. The minimum absolute atomic E-state index is 0.146. The number of aryl methyl sites for hydroxylation is 1. The van der Waals surface area contributed by atoms with Gasteiger partial charge in [0.2, 0.25) is 0 Å². The van der Waals surface area contributed by atoms with Crippen molar-refractivity contribution < 1.29 is 4.79 Å². The Bertz CT molecular complexity index is 363. The predicted octanol–water partition coefficient (Wildman–Crippen LogP) is 1.93. The predicted molar refractivity (Wildman–Crippen MR) is 71.4 cm³/mol. The van der Waals surface area contributed by atoms with E-state index in [0.29, 0.717) is 6.54 Å². The molecule has 0 saturated heterocycles. The maximum absolute atomic E-state index is 11.6. The van der Waals surface area contributed by atoms with Gasteiger partial charge in [-0.1, -0.05) is 25.1 Å². The lowest BCUT2D eigenvalue weighted by Crippen LogP contribution is -2.34. The molecule has 2 N–H and O–H groups in total. The molecule has 0 aromatic heterocycles. The summed E-state index contributed by atoms with van der Waals surface area (Å²) in [7, 11) is 3.96. The number of amides is 2. The highest BCUT2D eigenvalue weighted by Gasteiger charge is 2.04. The molecule has 0 radical (unpaired) electrons. The molecule has 0 aliphatic heterocycles. The van der Waals surface area contributed by atoms with Gasteiger partial charge in [0.25, 0.3) is 0 Å². The minimum atomic E-state index is -0.146. The quantitative estimate of drug-likeness (QED) is 0.819. The molecule has 4 heteroatoms. The maximum Gasteiger partial charge on any atom is 0.319 e. The summed E-state index contributed by atoms with van der Waals surface area (Å²) in [4.78, 5) is 13.6. The third-order valence-corrected chi connectivity index (χ3v) is 2.49. The van der Waals surface area contributed by atoms with E-state index in [1.165, 1.54) is 0 Å². The molecule has 0 saturated carbocycles. The number of carbonyl (C=O) groups is 1. The van der Waals surface area contributed by atoms with E-state index in [2.05, 4.69) is 17.6 Å². The number of para-hydroxylation sites is 1. The van der Waals surface area contributed by atoms with Crippen molar-refractivity contribution in [1.82, 2.24) is 10.2 Å². The summed E-state index contributed by atoms with van der Waals surface area (Å²) in [6.07, 6.45) is 0.911. The Balaban J connectivity index is 2.45. The zero-order chi connectivity index (χ0) is 12.7. The fourth-order valence-electron chi connectivity index (χ4n) is 1.51. The fourth-order valence-corrected chi connectivity index (χ4v) is 1.51. The van der Waals surface area contributed by atoms with E-state index in [0.717, 1.165) is 24.2 Å². The van der Waals surface area contributed by atoms with Gasteiger partial charge in [-0.15, -0.1) is 0 Å². The Labute approximate surface area is 103 Å². The van der Waals surface area contributed by atoms with Gasteiger partial charge < -0.3 is 15.5 Å². The monoisotopic (exact) mass is 235 g/mol. The molecule has 2 amide bonds. The summed E-state index contributed by atoms with van der Waals surface area (Å²) in [6, 6.07) is 7.70. The molecule has 0 unspecified atom stereocenters. The van der Waals surface area contributed by atoms with E-state index in [1.54, 1.807) is 0 Å². The average molecular weight is 235 g/mol. The van der Waals surface area contributed by atoms with Gasteiger partial charge in [-0.05, 0) is 32.1 Å². The third kappa shape index (κ3) is 4.87. The first-order valence-corrected chi connectivity index (χ1v) is 5.91. The summed E-state index contributed by atoms with van der Waals surface area (Å²) in [5.41, 5.74) is 2.03. The van der Waals surface area contributed by atoms with E-state index in [1.807, 2.05) is 43.3 Å². The fraction of sp³-hybridized carbons (Fsp3) is 0.462. The lowest BCUT2D eigenvalue weighted by Gasteiger charge is -2.12. The lowest BCUT2D eigenvalue weighted by atomic mass is 10.1. The van der Waals surface area contributed by atoms with Crippen molar-refractivity contribution in [2.24, 2.45) is 0 Å². The molecule has 1 aromatic rings. The average Bonchev–Trinajstić information content (AvgIpc) is 2.29. The number of nitrogens with zero attached hydrogens (tertiary/aromatic N) is 1. The van der Waals surface area contributed by atoms with Crippen molar-refractivity contribution in [3.63, 3.8) is 0 Å². The Morgan fingerprint density at radius 1 is 1.29 bits per heavy atom. The third-order valence-electron chi connectivity index (χ3n) is 2.49. The molecule has 1 rings (SSSR count). The van der Waals surface area contributed by atoms with Crippen molar-refractivity contribution >= 4 is 11.7 Å². The van der Waals surface area contributed by atoms with Gasteiger partial charge >= 0.3 is 6.03 Å². The molecule has 0 bridgehead atoms. The van der Waals surface area contributed by atoms with Crippen LogP contribution in [-0.4, -0.2) is 38.1 Å². The lowest BCUT2D eigenvalue weighted by molar-refractivity contribution is 0.250. The first-order chi connectivity index (χ1) is 8.13. The van der Waals surface area contributed by atoms with Crippen LogP contribution in [0.5, 0.6) is 0 Å². The second-order valence-corrected chi connectivity index (χ2v) is 4.19. The van der Waals surface area contributed by atoms with Crippen molar-refractivity contribution in [1.29, 1.82) is 0 Å². The number of rotatable bonds is 5. The molecule has 94 valence electrons. The largest absolute Gasteiger partial charge is 0.337 e. The van der Waals surface area contributed by atoms with Crippen LogP contribution in [0.1, 0.15) is 12.5 Å². The molecule has 0 atom stereocenters. The van der Waals surface area contributed by atoms with Gasteiger partial charge in [0.05, 0.1) is 0 Å². The van der Waals surface area contributed by atoms with Crippen molar-refractivity contribution in [2.45, 2.75) is 13.3 Å². The maximum atomic E-state index is 11.6. The van der Waals surface area contributed by atoms with E-state index in [-0.39, 0.29) is 6.03 Å². The van der Waals surface area contributed by atoms with Gasteiger partial charge in [0, 0.05) is 18.8 Å². The van der Waals surface area contributed by atoms with Crippen LogP contribution in [0.15, 0.2) is 24.3 Å². The molecule has 0 aliphatic rings. The van der Waals surface area contributed by atoms with Gasteiger partial charge in [0.15, 0.2) is 0 Å². The Kier molecular flexibility index (Phi) is 5.49. The molecule has 0 fully saturated rings. The molecule has 17 heavy (non-hydrogen) atoms. The van der Waals surface area contributed by atoms with E-state index >= 15 is 0 Å². The van der Waals surface area contributed by atoms with Crippen LogP contribution in [-0.2, 0) is 6.42 Å². The molecule has 0 heterocycles. The Hall–Kier alpha value is -1.55. The molecule has 0 aliphatic carbocycles. The smallest absolute Gasteiger partial charge is 0.319 e. The number of benzene rings is 1. The number of nitrogens with one attached hydrogen (secondary N) is 2. The Morgan fingerprint density at radius 3 is 2.65 bits per heavy atom. The molecular weight excluding hydrogens is 214 g/mol. The second-order valence-electron chi connectivity index (χ2n) is 4.19. The first kappa shape index (κ1) is 13.5. The van der Waals surface area contributed by atoms with Crippen molar-refractivity contribution in [2.75, 3.05) is 32.5 Å². The van der Waals surface area contributed by atoms with Crippen LogP contribution in [0.3, 0.4) is 0 Å². The zero-order valence-corrected chi connectivity index (χ0v) is 10.8. The number of likely N-dealkylation sites (N-methyl/N-ethyl adjacent to an activating group) is 1. The van der Waals surface area contributed by atoms with Crippen LogP contribution in [0.25, 0.3) is 0 Å². The molecule has 0 spiro atoms. The van der Waals surface area contributed by atoms with Crippen LogP contribution < -0.4 is 10.6 Å². The van der Waals surface area contributed by atoms with Gasteiger partial charge in [-0.3, -0.25) is 0 Å². The summed E-state index contributed by atoms with van der Waals surface area (Å²) >= 11 is 0. The normalized spacial score (nSPS) is 10.4. The standard InChI is InChI=1S/C13H21N3O/c1-4-11-7-5-6-8-12(11)15-13(17)14-9-10-16(2)3/h5-8H,4,9-10H2,1-3H3,(H2,14,15,17). The van der Waals surface area contributed by atoms with Gasteiger partial charge in [0.1, 0.15) is 0 Å². The van der Waals surface area contributed by atoms with Crippen LogP contribution >= 0.6 is 0 Å². The van der Waals surface area contributed by atoms with Crippen LogP contribution in [0, 0.1) is 0 Å². The molecular formula is C13H21N3O. The summed E-state index contributed by atoms with van der Waals surface area (Å²) in [5, 5.41) is 5.69. The number of hydrogen-bond acceptors (Lipinski definition) is 2. The minimum Gasteiger partial charge on any atom is -0.337 e. The van der Waals surface area contributed by atoms with E-state index in [9.17, 15) is 4.79 Å². The van der Waals surface area contributed by atoms with Crippen LogP contribution in [0.2, 0.25) is 0 Å². The highest BCUT2D eigenvalue weighted by molar-refractivity contribution is 5.90. The van der Waals surface area contributed by atoms with E-state index in [4.69, 9.17) is 0 Å². The second kappa shape index (κ2) is 6.91. The zero-order valence-electron chi connectivity index (χ0n) is 10.8. The first-order valence-electron chi connectivity index (χ1n) is 5.91.